The molecule has 0 unspecified atom stereocenters. The van der Waals surface area contributed by atoms with Crippen LogP contribution in [0.2, 0.25) is 0 Å². The maximum atomic E-state index is 12.7. The minimum Gasteiger partial charge on any atom is -0.339 e. The molecular formula is C14H28N2O. The van der Waals surface area contributed by atoms with Gasteiger partial charge in [-0.05, 0) is 47.5 Å². The SMILES string of the molecule is CCN(C(=O)C(C)(C)C(C)(C)N)C1CCCC1. The van der Waals surface area contributed by atoms with E-state index in [0.29, 0.717) is 6.04 Å². The van der Waals surface area contributed by atoms with Gasteiger partial charge in [0.25, 0.3) is 0 Å². The Morgan fingerprint density at radius 2 is 1.71 bits per heavy atom. The van der Waals surface area contributed by atoms with E-state index in [2.05, 4.69) is 6.92 Å². The van der Waals surface area contributed by atoms with Gasteiger partial charge in [-0.15, -0.1) is 0 Å². The molecule has 17 heavy (non-hydrogen) atoms. The van der Waals surface area contributed by atoms with Gasteiger partial charge < -0.3 is 10.6 Å². The van der Waals surface area contributed by atoms with Crippen LogP contribution in [0.4, 0.5) is 0 Å². The molecule has 0 radical (unpaired) electrons. The van der Waals surface area contributed by atoms with E-state index in [-0.39, 0.29) is 5.91 Å². The minimum absolute atomic E-state index is 0.208. The fourth-order valence-electron chi connectivity index (χ4n) is 2.42. The van der Waals surface area contributed by atoms with E-state index < -0.39 is 11.0 Å². The molecule has 3 nitrogen and oxygen atoms in total. The molecule has 1 saturated carbocycles. The van der Waals surface area contributed by atoms with Crippen molar-refractivity contribution >= 4 is 5.91 Å². The topological polar surface area (TPSA) is 46.3 Å². The van der Waals surface area contributed by atoms with Crippen LogP contribution >= 0.6 is 0 Å². The van der Waals surface area contributed by atoms with Gasteiger partial charge in [-0.3, -0.25) is 4.79 Å². The molecule has 0 aromatic rings. The first-order valence-electron chi connectivity index (χ1n) is 6.81. The highest BCUT2D eigenvalue weighted by molar-refractivity contribution is 5.83. The van der Waals surface area contributed by atoms with Gasteiger partial charge in [0, 0.05) is 18.1 Å². The lowest BCUT2D eigenvalue weighted by atomic mass is 9.74. The maximum absolute atomic E-state index is 12.7. The first-order valence-corrected chi connectivity index (χ1v) is 6.81. The molecule has 0 aromatic heterocycles. The minimum atomic E-state index is -0.508. The standard InChI is InChI=1S/C14H28N2O/c1-6-16(11-9-7-8-10-11)12(17)13(2,3)14(4,5)15/h11H,6-10,15H2,1-5H3. The van der Waals surface area contributed by atoms with Crippen LogP contribution in [0.15, 0.2) is 0 Å². The largest absolute Gasteiger partial charge is 0.339 e. The monoisotopic (exact) mass is 240 g/mol. The molecular weight excluding hydrogens is 212 g/mol. The number of nitrogens with zero attached hydrogens (tertiary/aromatic N) is 1. The third-order valence-corrected chi connectivity index (χ3v) is 4.51. The Labute approximate surface area is 106 Å². The van der Waals surface area contributed by atoms with Crippen LogP contribution in [0.5, 0.6) is 0 Å². The predicted octanol–water partition coefficient (Wildman–Crippen LogP) is 2.54. The van der Waals surface area contributed by atoms with Crippen LogP contribution < -0.4 is 5.73 Å². The van der Waals surface area contributed by atoms with E-state index in [4.69, 9.17) is 5.73 Å². The summed E-state index contributed by atoms with van der Waals surface area (Å²) in [7, 11) is 0. The molecule has 100 valence electrons. The summed E-state index contributed by atoms with van der Waals surface area (Å²) in [6.07, 6.45) is 4.81. The highest BCUT2D eigenvalue weighted by atomic mass is 16.2. The van der Waals surface area contributed by atoms with E-state index in [0.717, 1.165) is 19.4 Å². The highest BCUT2D eigenvalue weighted by Crippen LogP contribution is 2.33. The van der Waals surface area contributed by atoms with Crippen molar-refractivity contribution < 1.29 is 4.79 Å². The van der Waals surface area contributed by atoms with Gasteiger partial charge in [0.1, 0.15) is 0 Å². The molecule has 0 heterocycles. The van der Waals surface area contributed by atoms with Gasteiger partial charge in [0.05, 0.1) is 5.41 Å². The summed E-state index contributed by atoms with van der Waals surface area (Å²) in [6, 6.07) is 0.439. The molecule has 1 amide bonds. The van der Waals surface area contributed by atoms with Gasteiger partial charge in [-0.25, -0.2) is 0 Å². The van der Waals surface area contributed by atoms with E-state index in [1.807, 2.05) is 32.6 Å². The summed E-state index contributed by atoms with van der Waals surface area (Å²) in [4.78, 5) is 14.7. The molecule has 1 fully saturated rings. The summed E-state index contributed by atoms with van der Waals surface area (Å²) in [5, 5.41) is 0. The fourth-order valence-corrected chi connectivity index (χ4v) is 2.42. The van der Waals surface area contributed by atoms with Crippen LogP contribution in [0.3, 0.4) is 0 Å². The third-order valence-electron chi connectivity index (χ3n) is 4.51. The smallest absolute Gasteiger partial charge is 0.230 e. The van der Waals surface area contributed by atoms with E-state index in [1.165, 1.54) is 12.8 Å². The Morgan fingerprint density at radius 3 is 2.06 bits per heavy atom. The summed E-state index contributed by atoms with van der Waals surface area (Å²) < 4.78 is 0. The molecule has 3 heteroatoms. The summed E-state index contributed by atoms with van der Waals surface area (Å²) in [6.45, 7) is 10.7. The summed E-state index contributed by atoms with van der Waals surface area (Å²) in [5.41, 5.74) is 5.16. The Hall–Kier alpha value is -0.570. The number of hydrogen-bond acceptors (Lipinski definition) is 2. The molecule has 1 rings (SSSR count). The van der Waals surface area contributed by atoms with E-state index in [9.17, 15) is 4.79 Å². The van der Waals surface area contributed by atoms with Crippen LogP contribution in [-0.2, 0) is 4.79 Å². The molecule has 0 saturated heterocycles. The Balaban J connectivity index is 2.85. The van der Waals surface area contributed by atoms with Crippen molar-refractivity contribution in [3.05, 3.63) is 0 Å². The second-order valence-corrected chi connectivity index (χ2v) is 6.38. The van der Waals surface area contributed by atoms with Crippen LogP contribution in [0, 0.1) is 5.41 Å². The molecule has 0 atom stereocenters. The van der Waals surface area contributed by atoms with Gasteiger partial charge in [-0.2, -0.15) is 0 Å². The first-order chi connectivity index (χ1) is 7.71. The van der Waals surface area contributed by atoms with Crippen molar-refractivity contribution in [3.8, 4) is 0 Å². The highest BCUT2D eigenvalue weighted by Gasteiger charge is 2.44. The third kappa shape index (κ3) is 2.82. The maximum Gasteiger partial charge on any atom is 0.230 e. The Kier molecular flexibility index (Phi) is 4.23. The normalized spacial score (nSPS) is 18.5. The van der Waals surface area contributed by atoms with Crippen molar-refractivity contribution in [1.29, 1.82) is 0 Å². The molecule has 1 aliphatic carbocycles. The molecule has 0 aliphatic heterocycles. The predicted molar refractivity (Wildman–Crippen MR) is 71.7 cm³/mol. The lowest BCUT2D eigenvalue weighted by Crippen LogP contribution is -2.58. The van der Waals surface area contributed by atoms with Crippen molar-refractivity contribution in [2.24, 2.45) is 11.1 Å². The van der Waals surface area contributed by atoms with Gasteiger partial charge in [-0.1, -0.05) is 12.8 Å². The number of rotatable bonds is 4. The number of nitrogens with two attached hydrogens (primary N) is 1. The quantitative estimate of drug-likeness (QED) is 0.821. The number of carbonyl (C=O) groups is 1. The number of hydrogen-bond donors (Lipinski definition) is 1. The van der Waals surface area contributed by atoms with Gasteiger partial charge in [0.15, 0.2) is 0 Å². The lowest BCUT2D eigenvalue weighted by Gasteiger charge is -2.42. The van der Waals surface area contributed by atoms with Crippen molar-refractivity contribution in [3.63, 3.8) is 0 Å². The second-order valence-electron chi connectivity index (χ2n) is 6.38. The fraction of sp³-hybridized carbons (Fsp3) is 0.929. The van der Waals surface area contributed by atoms with Crippen LogP contribution in [0.1, 0.15) is 60.3 Å². The van der Waals surface area contributed by atoms with Gasteiger partial charge in [0.2, 0.25) is 5.91 Å². The van der Waals surface area contributed by atoms with Crippen molar-refractivity contribution in [2.45, 2.75) is 71.9 Å². The average Bonchev–Trinajstić information content (AvgIpc) is 2.70. The number of carbonyl (C=O) groups excluding carboxylic acids is 1. The lowest BCUT2D eigenvalue weighted by molar-refractivity contribution is -0.145. The molecule has 0 aromatic carbocycles. The zero-order chi connectivity index (χ0) is 13.3. The zero-order valence-electron chi connectivity index (χ0n) is 12.0. The van der Waals surface area contributed by atoms with Crippen LogP contribution in [0.25, 0.3) is 0 Å². The summed E-state index contributed by atoms with van der Waals surface area (Å²) >= 11 is 0. The molecule has 0 spiro atoms. The first kappa shape index (κ1) is 14.5. The molecule has 1 aliphatic rings. The van der Waals surface area contributed by atoms with E-state index in [1.54, 1.807) is 0 Å². The second kappa shape index (κ2) is 4.97. The van der Waals surface area contributed by atoms with Crippen molar-refractivity contribution in [1.82, 2.24) is 4.90 Å². The number of amides is 1. The molecule has 0 bridgehead atoms. The zero-order valence-corrected chi connectivity index (χ0v) is 12.0. The van der Waals surface area contributed by atoms with Crippen LogP contribution in [-0.4, -0.2) is 28.9 Å². The van der Waals surface area contributed by atoms with E-state index >= 15 is 0 Å². The Morgan fingerprint density at radius 1 is 1.24 bits per heavy atom. The van der Waals surface area contributed by atoms with Gasteiger partial charge >= 0.3 is 0 Å². The molecule has 2 N–H and O–H groups in total. The van der Waals surface area contributed by atoms with Crippen molar-refractivity contribution in [2.75, 3.05) is 6.54 Å². The summed E-state index contributed by atoms with van der Waals surface area (Å²) in [5.74, 6) is 0.208. The average molecular weight is 240 g/mol. The Bertz CT molecular complexity index is 272.